The molecule has 1 heterocycles. The Labute approximate surface area is 185 Å². The summed E-state index contributed by atoms with van der Waals surface area (Å²) in [5.74, 6) is -0.968. The van der Waals surface area contributed by atoms with E-state index in [0.29, 0.717) is 33.5 Å². The first-order chi connectivity index (χ1) is 14.8. The molecule has 0 bridgehead atoms. The molecule has 1 atom stereocenters. The first-order valence-electron chi connectivity index (χ1n) is 9.58. The molecule has 3 rings (SSSR count). The van der Waals surface area contributed by atoms with Gasteiger partial charge in [-0.3, -0.25) is 14.4 Å². The van der Waals surface area contributed by atoms with Crippen LogP contribution in [0, 0.1) is 12.8 Å². The minimum Gasteiger partial charge on any atom is -0.497 e. The van der Waals surface area contributed by atoms with E-state index in [9.17, 15) is 14.4 Å². The highest BCUT2D eigenvalue weighted by Crippen LogP contribution is 2.36. The number of benzene rings is 2. The van der Waals surface area contributed by atoms with Crippen LogP contribution < -0.4 is 19.7 Å². The third kappa shape index (κ3) is 5.08. The smallest absolute Gasteiger partial charge is 0.311 e. The van der Waals surface area contributed by atoms with E-state index in [2.05, 4.69) is 5.32 Å². The number of methoxy groups -OCH3 is 2. The predicted molar refractivity (Wildman–Crippen MR) is 116 cm³/mol. The Balaban J connectivity index is 1.59. The predicted octanol–water partition coefficient (Wildman–Crippen LogP) is 3.20. The second-order valence-electron chi connectivity index (χ2n) is 7.01. The minimum atomic E-state index is -0.681. The van der Waals surface area contributed by atoms with Crippen LogP contribution in [-0.2, 0) is 19.1 Å². The minimum absolute atomic E-state index is 0.0109. The quantitative estimate of drug-likeness (QED) is 0.656. The van der Waals surface area contributed by atoms with Crippen molar-refractivity contribution in [1.29, 1.82) is 0 Å². The Morgan fingerprint density at radius 1 is 1.19 bits per heavy atom. The number of halogens is 1. The van der Waals surface area contributed by atoms with Crippen LogP contribution in [0.2, 0.25) is 5.02 Å². The maximum atomic E-state index is 12.5. The van der Waals surface area contributed by atoms with Gasteiger partial charge in [-0.1, -0.05) is 17.7 Å². The van der Waals surface area contributed by atoms with Gasteiger partial charge in [-0.25, -0.2) is 0 Å². The molecule has 0 unspecified atom stereocenters. The van der Waals surface area contributed by atoms with E-state index in [1.54, 1.807) is 43.3 Å². The largest absolute Gasteiger partial charge is 0.497 e. The van der Waals surface area contributed by atoms with Crippen molar-refractivity contribution < 1.29 is 28.6 Å². The van der Waals surface area contributed by atoms with Gasteiger partial charge in [0.05, 0.1) is 25.8 Å². The number of nitrogens with one attached hydrogen (secondary N) is 1. The van der Waals surface area contributed by atoms with Crippen molar-refractivity contribution in [2.45, 2.75) is 13.3 Å². The molecule has 9 heteroatoms. The summed E-state index contributed by atoms with van der Waals surface area (Å²) in [6, 6.07) is 10.2. The number of ether oxygens (including phenoxy) is 3. The number of esters is 1. The van der Waals surface area contributed by atoms with Crippen molar-refractivity contribution in [2.75, 3.05) is 37.6 Å². The van der Waals surface area contributed by atoms with Crippen LogP contribution in [0.25, 0.3) is 0 Å². The number of hydrogen-bond acceptors (Lipinski definition) is 6. The fourth-order valence-corrected chi connectivity index (χ4v) is 3.46. The summed E-state index contributed by atoms with van der Waals surface area (Å²) in [7, 11) is 3.02. The molecule has 0 aliphatic carbocycles. The molecule has 1 fully saturated rings. The fourth-order valence-electron chi connectivity index (χ4n) is 3.29. The number of rotatable bonds is 7. The lowest BCUT2D eigenvalue weighted by atomic mass is 10.1. The third-order valence-corrected chi connectivity index (χ3v) is 5.43. The van der Waals surface area contributed by atoms with Crippen LogP contribution in [0.1, 0.15) is 12.0 Å². The summed E-state index contributed by atoms with van der Waals surface area (Å²) in [5.41, 5.74) is 1.80. The maximum absolute atomic E-state index is 12.5. The number of nitrogens with zero attached hydrogens (tertiary/aromatic N) is 1. The van der Waals surface area contributed by atoms with Gasteiger partial charge in [0.1, 0.15) is 11.5 Å². The Bertz CT molecular complexity index is 1010. The van der Waals surface area contributed by atoms with E-state index in [1.807, 2.05) is 0 Å². The van der Waals surface area contributed by atoms with Gasteiger partial charge in [0.25, 0.3) is 5.91 Å². The van der Waals surface area contributed by atoms with Crippen molar-refractivity contribution in [2.24, 2.45) is 5.92 Å². The van der Waals surface area contributed by atoms with Crippen molar-refractivity contribution >= 4 is 40.8 Å². The normalized spacial score (nSPS) is 15.5. The highest BCUT2D eigenvalue weighted by atomic mass is 35.5. The Morgan fingerprint density at radius 3 is 2.68 bits per heavy atom. The average molecular weight is 447 g/mol. The highest BCUT2D eigenvalue weighted by molar-refractivity contribution is 6.31. The Hall–Kier alpha value is -3.26. The molecule has 2 amide bonds. The molecule has 164 valence electrons. The first-order valence-corrected chi connectivity index (χ1v) is 9.95. The Kier molecular flexibility index (Phi) is 7.02. The summed E-state index contributed by atoms with van der Waals surface area (Å²) < 4.78 is 15.7. The van der Waals surface area contributed by atoms with Gasteiger partial charge in [0.2, 0.25) is 5.91 Å². The third-order valence-electron chi connectivity index (χ3n) is 5.02. The lowest BCUT2D eigenvalue weighted by Gasteiger charge is -2.20. The topological polar surface area (TPSA) is 94.2 Å². The van der Waals surface area contributed by atoms with E-state index in [4.69, 9.17) is 25.8 Å². The molecule has 0 aromatic heterocycles. The molecule has 2 aromatic rings. The molecule has 2 aromatic carbocycles. The molecule has 0 saturated carbocycles. The van der Waals surface area contributed by atoms with Crippen molar-refractivity contribution in [3.05, 3.63) is 47.0 Å². The molecular weight excluding hydrogens is 424 g/mol. The zero-order chi connectivity index (χ0) is 22.5. The molecule has 1 aliphatic rings. The van der Waals surface area contributed by atoms with Crippen LogP contribution in [0.15, 0.2) is 36.4 Å². The SMILES string of the molecule is COc1ccc(N2C[C@H](C(=O)OCC(=O)Nc3cccc(Cl)c3C)CC2=O)c(OC)c1. The molecule has 1 N–H and O–H groups in total. The molecule has 1 saturated heterocycles. The first kappa shape index (κ1) is 22.4. The number of carbonyl (C=O) groups is 3. The molecule has 0 spiro atoms. The second-order valence-corrected chi connectivity index (χ2v) is 7.42. The lowest BCUT2D eigenvalue weighted by Crippen LogP contribution is -2.28. The summed E-state index contributed by atoms with van der Waals surface area (Å²) in [6.45, 7) is 1.45. The van der Waals surface area contributed by atoms with Gasteiger partial charge in [-0.2, -0.15) is 0 Å². The molecular formula is C22H23ClN2O6. The van der Waals surface area contributed by atoms with Crippen molar-refractivity contribution in [3.8, 4) is 11.5 Å². The van der Waals surface area contributed by atoms with Crippen LogP contribution in [-0.4, -0.2) is 45.2 Å². The highest BCUT2D eigenvalue weighted by Gasteiger charge is 2.37. The van der Waals surface area contributed by atoms with E-state index < -0.39 is 24.4 Å². The van der Waals surface area contributed by atoms with Gasteiger partial charge in [-0.05, 0) is 36.8 Å². The molecule has 1 aliphatic heterocycles. The monoisotopic (exact) mass is 446 g/mol. The van der Waals surface area contributed by atoms with Gasteiger partial charge in [0, 0.05) is 29.7 Å². The van der Waals surface area contributed by atoms with E-state index in [-0.39, 0.29) is 18.9 Å². The maximum Gasteiger partial charge on any atom is 0.311 e. The zero-order valence-electron chi connectivity index (χ0n) is 17.4. The zero-order valence-corrected chi connectivity index (χ0v) is 18.2. The van der Waals surface area contributed by atoms with E-state index in [0.717, 1.165) is 0 Å². The van der Waals surface area contributed by atoms with Gasteiger partial charge in [-0.15, -0.1) is 0 Å². The lowest BCUT2D eigenvalue weighted by molar-refractivity contribution is -0.151. The average Bonchev–Trinajstić information content (AvgIpc) is 3.16. The second kappa shape index (κ2) is 9.70. The van der Waals surface area contributed by atoms with Crippen LogP contribution in [0.4, 0.5) is 11.4 Å². The summed E-state index contributed by atoms with van der Waals surface area (Å²) in [5, 5.41) is 3.18. The summed E-state index contributed by atoms with van der Waals surface area (Å²) in [4.78, 5) is 38.6. The van der Waals surface area contributed by atoms with Crippen molar-refractivity contribution in [1.82, 2.24) is 0 Å². The van der Waals surface area contributed by atoms with Crippen LogP contribution in [0.5, 0.6) is 11.5 Å². The van der Waals surface area contributed by atoms with E-state index in [1.165, 1.54) is 19.1 Å². The molecule has 31 heavy (non-hydrogen) atoms. The number of hydrogen-bond donors (Lipinski definition) is 1. The molecule has 0 radical (unpaired) electrons. The van der Waals surface area contributed by atoms with Crippen molar-refractivity contribution in [3.63, 3.8) is 0 Å². The molecule has 8 nitrogen and oxygen atoms in total. The summed E-state index contributed by atoms with van der Waals surface area (Å²) in [6.07, 6.45) is -0.0109. The van der Waals surface area contributed by atoms with Gasteiger partial charge >= 0.3 is 5.97 Å². The van der Waals surface area contributed by atoms with Crippen LogP contribution in [0.3, 0.4) is 0 Å². The van der Waals surface area contributed by atoms with Gasteiger partial charge in [0.15, 0.2) is 6.61 Å². The summed E-state index contributed by atoms with van der Waals surface area (Å²) >= 11 is 6.04. The number of carbonyl (C=O) groups excluding carboxylic acids is 3. The number of amides is 2. The van der Waals surface area contributed by atoms with Gasteiger partial charge < -0.3 is 24.4 Å². The fraction of sp³-hybridized carbons (Fsp3) is 0.318. The Morgan fingerprint density at radius 2 is 1.97 bits per heavy atom. The van der Waals surface area contributed by atoms with Crippen LogP contribution >= 0.6 is 11.6 Å². The van der Waals surface area contributed by atoms with E-state index >= 15 is 0 Å². The number of anilines is 2. The standard InChI is InChI=1S/C22H23ClN2O6/c1-13-16(23)5-4-6-17(13)24-20(26)12-31-22(28)14-9-21(27)25(11-14)18-8-7-15(29-2)10-19(18)30-3/h4-8,10,14H,9,11-12H2,1-3H3,(H,24,26)/t14-/m1/s1.